The van der Waals surface area contributed by atoms with Gasteiger partial charge >= 0.3 is 0 Å². The van der Waals surface area contributed by atoms with E-state index >= 15 is 0 Å². The Morgan fingerprint density at radius 3 is 2.50 bits per heavy atom. The molecule has 0 amide bonds. The summed E-state index contributed by atoms with van der Waals surface area (Å²) in [6.07, 6.45) is 3.07. The number of hydroxylamine groups is 1. The molecule has 1 N–H and O–H groups in total. The van der Waals surface area contributed by atoms with Crippen molar-refractivity contribution in [3.05, 3.63) is 47.3 Å². The van der Waals surface area contributed by atoms with Crippen LogP contribution in [0.1, 0.15) is 5.56 Å². The van der Waals surface area contributed by atoms with Crippen LogP contribution >= 0.6 is 0 Å². The van der Waals surface area contributed by atoms with Gasteiger partial charge < -0.3 is 10.7 Å². The molecule has 0 saturated heterocycles. The molecule has 1 rings (SSSR count). The molecule has 0 radical (unpaired) electrons. The molecule has 0 aliphatic carbocycles. The van der Waals surface area contributed by atoms with Crippen LogP contribution in [0, 0.1) is 5.21 Å². The quantitative estimate of drug-likeness (QED) is 0.625. The fourth-order valence-corrected chi connectivity index (χ4v) is 0.694. The van der Waals surface area contributed by atoms with E-state index in [1.54, 1.807) is 11.6 Å². The topological polar surface area (TPSA) is 35.1 Å². The van der Waals surface area contributed by atoms with E-state index in [1.165, 1.54) is 6.20 Å². The van der Waals surface area contributed by atoms with Crippen molar-refractivity contribution < 1.29 is 0 Å². The van der Waals surface area contributed by atoms with Crippen molar-refractivity contribution in [2.75, 3.05) is 0 Å². The van der Waals surface area contributed by atoms with Crippen molar-refractivity contribution in [3.63, 3.8) is 0 Å². The smallest absolute Gasteiger partial charge is 0.0137 e. The highest BCUT2D eigenvalue weighted by molar-refractivity contribution is 5.48. The molecule has 0 fully saturated rings. The van der Waals surface area contributed by atoms with Gasteiger partial charge in [0.1, 0.15) is 0 Å². The van der Waals surface area contributed by atoms with Crippen LogP contribution in [0.5, 0.6) is 0 Å². The van der Waals surface area contributed by atoms with Crippen molar-refractivity contribution in [2.45, 2.75) is 0 Å². The van der Waals surface area contributed by atoms with Crippen LogP contribution in [0.15, 0.2) is 36.5 Å². The van der Waals surface area contributed by atoms with Crippen molar-refractivity contribution in [3.8, 4) is 0 Å². The molecule has 0 spiro atoms. The van der Waals surface area contributed by atoms with Crippen LogP contribution in [0.4, 0.5) is 0 Å². The third-order valence-electron chi connectivity index (χ3n) is 1.14. The monoisotopic (exact) mass is 134 g/mol. The van der Waals surface area contributed by atoms with Gasteiger partial charge in [-0.05, 0) is 17.8 Å². The number of rotatable bonds is 2. The van der Waals surface area contributed by atoms with Gasteiger partial charge in [-0.2, -0.15) is 0 Å². The van der Waals surface area contributed by atoms with E-state index in [0.717, 1.165) is 5.56 Å². The van der Waals surface area contributed by atoms with Gasteiger partial charge in [0.15, 0.2) is 0 Å². The van der Waals surface area contributed by atoms with Gasteiger partial charge in [-0.1, -0.05) is 30.3 Å². The molecule has 0 atom stereocenters. The second kappa shape index (κ2) is 3.69. The lowest BCUT2D eigenvalue weighted by Gasteiger charge is -1.98. The Morgan fingerprint density at radius 1 is 1.20 bits per heavy atom. The molecule has 0 aromatic heterocycles. The fraction of sp³-hybridized carbons (Fsp3) is 0. The third kappa shape index (κ3) is 1.91. The molecule has 52 valence electrons. The Labute approximate surface area is 59.8 Å². The number of hydrogen-bond donors (Lipinski definition) is 1. The van der Waals surface area contributed by atoms with Crippen molar-refractivity contribution in [1.82, 2.24) is 5.48 Å². The zero-order valence-electron chi connectivity index (χ0n) is 5.45. The highest BCUT2D eigenvalue weighted by Crippen LogP contribution is 1.98. The van der Waals surface area contributed by atoms with Gasteiger partial charge in [0.05, 0.1) is 0 Å². The maximum atomic E-state index is 9.77. The standard InChI is InChI=1S/C8H8NO/c10-9-7-6-8-4-2-1-3-5-8/h1-7,9H/q-1. The highest BCUT2D eigenvalue weighted by Gasteiger charge is 1.78. The van der Waals surface area contributed by atoms with Gasteiger partial charge in [0.2, 0.25) is 0 Å². The number of benzene rings is 1. The first-order chi connectivity index (χ1) is 4.93. The molecule has 0 saturated carbocycles. The van der Waals surface area contributed by atoms with E-state index < -0.39 is 0 Å². The van der Waals surface area contributed by atoms with E-state index in [1.807, 2.05) is 30.3 Å². The lowest BCUT2D eigenvalue weighted by molar-refractivity contribution is 1.23. The Kier molecular flexibility index (Phi) is 2.52. The Balaban J connectivity index is 2.67. The number of nitrogens with one attached hydrogen (secondary N) is 1. The summed E-state index contributed by atoms with van der Waals surface area (Å²) >= 11 is 0. The van der Waals surface area contributed by atoms with Crippen LogP contribution in [0.2, 0.25) is 0 Å². The predicted octanol–water partition coefficient (Wildman–Crippen LogP) is 1.74. The SMILES string of the molecule is [O-]NC=Cc1ccccc1. The molecule has 0 aliphatic heterocycles. The largest absolute Gasteiger partial charge is 0.761 e. The average Bonchev–Trinajstić information content (AvgIpc) is 2.03. The van der Waals surface area contributed by atoms with Crippen LogP contribution in [-0.4, -0.2) is 0 Å². The maximum Gasteiger partial charge on any atom is -0.0137 e. The molecule has 2 heteroatoms. The molecule has 1 aromatic rings. The maximum absolute atomic E-state index is 9.77. The van der Waals surface area contributed by atoms with Gasteiger partial charge in [-0.15, -0.1) is 0 Å². The van der Waals surface area contributed by atoms with E-state index in [2.05, 4.69) is 0 Å². The summed E-state index contributed by atoms with van der Waals surface area (Å²) in [4.78, 5) is 0. The normalized spacial score (nSPS) is 10.1. The van der Waals surface area contributed by atoms with Gasteiger partial charge in [0, 0.05) is 0 Å². The lowest BCUT2D eigenvalue weighted by atomic mass is 10.2. The zero-order valence-corrected chi connectivity index (χ0v) is 5.45. The second-order valence-corrected chi connectivity index (χ2v) is 1.86. The van der Waals surface area contributed by atoms with E-state index in [9.17, 15) is 5.21 Å². The van der Waals surface area contributed by atoms with E-state index in [-0.39, 0.29) is 0 Å². The molecule has 0 bridgehead atoms. The summed E-state index contributed by atoms with van der Waals surface area (Å²) in [5.74, 6) is 0. The molecular weight excluding hydrogens is 126 g/mol. The minimum atomic E-state index is 1.02. The molecule has 0 unspecified atom stereocenters. The molecular formula is C8H8NO-. The van der Waals surface area contributed by atoms with E-state index in [0.29, 0.717) is 0 Å². The minimum Gasteiger partial charge on any atom is -0.761 e. The predicted molar refractivity (Wildman–Crippen MR) is 42.0 cm³/mol. The van der Waals surface area contributed by atoms with E-state index in [4.69, 9.17) is 0 Å². The lowest BCUT2D eigenvalue weighted by Crippen LogP contribution is -1.86. The molecule has 10 heavy (non-hydrogen) atoms. The summed E-state index contributed by atoms with van der Waals surface area (Å²) in [7, 11) is 0. The first-order valence-electron chi connectivity index (χ1n) is 3.03. The minimum absolute atomic E-state index is 1.02. The second-order valence-electron chi connectivity index (χ2n) is 1.86. The average molecular weight is 134 g/mol. The summed E-state index contributed by atoms with van der Waals surface area (Å²) in [5, 5.41) is 9.77. The van der Waals surface area contributed by atoms with Crippen LogP contribution in [-0.2, 0) is 0 Å². The molecule has 1 aromatic carbocycles. The van der Waals surface area contributed by atoms with Crippen molar-refractivity contribution >= 4 is 6.08 Å². The summed E-state index contributed by atoms with van der Waals surface area (Å²) in [6.45, 7) is 0. The van der Waals surface area contributed by atoms with Gasteiger partial charge in [-0.3, -0.25) is 0 Å². The zero-order chi connectivity index (χ0) is 7.23. The Morgan fingerprint density at radius 2 is 1.90 bits per heavy atom. The van der Waals surface area contributed by atoms with Crippen molar-refractivity contribution in [2.24, 2.45) is 0 Å². The summed E-state index contributed by atoms with van der Waals surface area (Å²) in [6, 6.07) is 9.62. The summed E-state index contributed by atoms with van der Waals surface area (Å²) in [5.41, 5.74) is 2.70. The van der Waals surface area contributed by atoms with Crippen molar-refractivity contribution in [1.29, 1.82) is 0 Å². The fourth-order valence-electron chi connectivity index (χ4n) is 0.694. The van der Waals surface area contributed by atoms with Gasteiger partial charge in [-0.25, -0.2) is 0 Å². The number of hydrogen-bond acceptors (Lipinski definition) is 2. The van der Waals surface area contributed by atoms with Crippen LogP contribution in [0.25, 0.3) is 6.08 Å². The van der Waals surface area contributed by atoms with Crippen LogP contribution in [0.3, 0.4) is 0 Å². The first-order valence-corrected chi connectivity index (χ1v) is 3.03. The third-order valence-corrected chi connectivity index (χ3v) is 1.14. The Bertz CT molecular complexity index is 206. The Hall–Kier alpha value is -1.28. The van der Waals surface area contributed by atoms with Crippen LogP contribution < -0.4 is 5.48 Å². The summed E-state index contributed by atoms with van der Waals surface area (Å²) < 4.78 is 0. The first kappa shape index (κ1) is 6.83. The molecule has 0 heterocycles. The highest BCUT2D eigenvalue weighted by atomic mass is 16.5. The molecule has 0 aliphatic rings. The molecule has 2 nitrogen and oxygen atoms in total. The van der Waals surface area contributed by atoms with Gasteiger partial charge in [0.25, 0.3) is 0 Å².